The number of ether oxygens (including phenoxy) is 2. The Labute approximate surface area is 256 Å². The number of nitrogens with one attached hydrogen (secondary N) is 2. The first kappa shape index (κ1) is 35.2. The Morgan fingerprint density at radius 2 is 1.63 bits per heavy atom. The summed E-state index contributed by atoms with van der Waals surface area (Å²) in [6.07, 6.45) is 8.72. The summed E-state index contributed by atoms with van der Waals surface area (Å²) >= 11 is 0. The molecule has 2 aromatic carbocycles. The highest BCUT2D eigenvalue weighted by Crippen LogP contribution is 2.10. The lowest BCUT2D eigenvalue weighted by Gasteiger charge is -2.24. The summed E-state index contributed by atoms with van der Waals surface area (Å²) in [6, 6.07) is 17.5. The molecule has 0 spiro atoms. The number of hydrogen-bond donors (Lipinski definition) is 3. The van der Waals surface area contributed by atoms with Crippen LogP contribution in [-0.4, -0.2) is 73.4 Å². The largest absolute Gasteiger partial charge is 0.494 e. The van der Waals surface area contributed by atoms with Crippen LogP contribution in [0.2, 0.25) is 0 Å². The van der Waals surface area contributed by atoms with Crippen LogP contribution in [0.25, 0.3) is 0 Å². The number of carbonyl (C=O) groups excluding carboxylic acids is 3. The van der Waals surface area contributed by atoms with Gasteiger partial charge in [-0.25, -0.2) is 4.79 Å². The van der Waals surface area contributed by atoms with Crippen LogP contribution in [0.15, 0.2) is 84.7 Å². The zero-order valence-electron chi connectivity index (χ0n) is 25.7. The molecule has 0 bridgehead atoms. The van der Waals surface area contributed by atoms with E-state index in [1.54, 1.807) is 4.90 Å². The van der Waals surface area contributed by atoms with Crippen LogP contribution in [0.5, 0.6) is 0 Å². The first-order valence-corrected chi connectivity index (χ1v) is 15.0. The van der Waals surface area contributed by atoms with E-state index < -0.39 is 30.7 Å². The van der Waals surface area contributed by atoms with E-state index in [4.69, 9.17) is 9.47 Å². The van der Waals surface area contributed by atoms with Crippen molar-refractivity contribution in [1.82, 2.24) is 15.5 Å². The number of benzene rings is 2. The topological polar surface area (TPSA) is 117 Å². The predicted octanol–water partition coefficient (Wildman–Crippen LogP) is 3.92. The maximum absolute atomic E-state index is 13.4. The molecule has 0 heterocycles. The van der Waals surface area contributed by atoms with Crippen molar-refractivity contribution in [2.45, 2.75) is 64.5 Å². The predicted molar refractivity (Wildman–Crippen MR) is 168 cm³/mol. The smallest absolute Gasteiger partial charge is 0.328 e. The zero-order chi connectivity index (χ0) is 31.3. The van der Waals surface area contributed by atoms with E-state index in [1.165, 1.54) is 7.11 Å². The van der Waals surface area contributed by atoms with Crippen molar-refractivity contribution in [3.63, 3.8) is 0 Å². The summed E-state index contributed by atoms with van der Waals surface area (Å²) in [5, 5.41) is 14.9. The Balaban J connectivity index is 2.05. The van der Waals surface area contributed by atoms with Crippen LogP contribution >= 0.6 is 0 Å². The van der Waals surface area contributed by atoms with Gasteiger partial charge in [0.05, 0.1) is 25.6 Å². The zero-order valence-corrected chi connectivity index (χ0v) is 25.7. The van der Waals surface area contributed by atoms with Gasteiger partial charge in [-0.3, -0.25) is 14.9 Å². The van der Waals surface area contributed by atoms with Crippen molar-refractivity contribution in [3.05, 3.63) is 95.8 Å². The van der Waals surface area contributed by atoms with Crippen LogP contribution in [0, 0.1) is 0 Å². The molecule has 0 aromatic heterocycles. The fourth-order valence-electron chi connectivity index (χ4n) is 4.49. The SMILES string of the molecule is CC/C=C(\CC)OC/C=C/CN(CCc1ccccc1)C(=O)CC[C@H](NC(=O)[C@@H](Cc1ccccc1)NCO)C(=O)OC. The van der Waals surface area contributed by atoms with Gasteiger partial charge in [0.1, 0.15) is 12.6 Å². The summed E-state index contributed by atoms with van der Waals surface area (Å²) in [7, 11) is 1.25. The van der Waals surface area contributed by atoms with Crippen LogP contribution in [0.1, 0.15) is 50.7 Å². The molecule has 3 N–H and O–H groups in total. The normalized spacial score (nSPS) is 12.9. The van der Waals surface area contributed by atoms with Crippen LogP contribution in [0.4, 0.5) is 0 Å². The van der Waals surface area contributed by atoms with E-state index in [2.05, 4.69) is 23.6 Å². The minimum absolute atomic E-state index is 0.0369. The Bertz CT molecular complexity index is 1150. The Kier molecular flexibility index (Phi) is 17.1. The van der Waals surface area contributed by atoms with Crippen LogP contribution < -0.4 is 10.6 Å². The third kappa shape index (κ3) is 13.7. The molecule has 9 heteroatoms. The number of aliphatic hydroxyl groups is 1. The molecule has 2 rings (SSSR count). The summed E-state index contributed by atoms with van der Waals surface area (Å²) in [5.41, 5.74) is 2.01. The molecule has 0 aliphatic carbocycles. The van der Waals surface area contributed by atoms with E-state index in [0.29, 0.717) is 32.5 Å². The highest BCUT2D eigenvalue weighted by atomic mass is 16.5. The number of hydrogen-bond acceptors (Lipinski definition) is 7. The van der Waals surface area contributed by atoms with Crippen LogP contribution in [-0.2, 0) is 36.7 Å². The second-order valence-electron chi connectivity index (χ2n) is 10.0. The van der Waals surface area contributed by atoms with E-state index in [9.17, 15) is 19.5 Å². The summed E-state index contributed by atoms with van der Waals surface area (Å²) in [4.78, 5) is 40.8. The number of nitrogens with zero attached hydrogens (tertiary/aromatic N) is 1. The second-order valence-corrected chi connectivity index (χ2v) is 10.0. The number of esters is 1. The standard InChI is InChI=1S/C34H47N3O6/c1-4-14-29(5-2)43-24-13-12-22-37(23-21-27-15-8-6-9-16-27)32(39)20-19-30(34(41)42-3)36-33(40)31(35-26-38)25-28-17-10-7-11-18-28/h6-18,30-31,35,38H,4-5,19-26H2,1-3H3,(H,36,40)/b13-12+,29-14+/t30-,31+/m0/s1. The van der Waals surface area contributed by atoms with Crippen molar-refractivity contribution in [2.24, 2.45) is 0 Å². The molecular weight excluding hydrogens is 546 g/mol. The van der Waals surface area contributed by atoms with Crippen LogP contribution in [0.3, 0.4) is 0 Å². The number of allylic oxidation sites excluding steroid dienone is 2. The average Bonchev–Trinajstić information content (AvgIpc) is 3.03. The second kappa shape index (κ2) is 20.9. The lowest BCUT2D eigenvalue weighted by Crippen LogP contribution is -2.51. The van der Waals surface area contributed by atoms with Gasteiger partial charge in [-0.1, -0.05) is 80.6 Å². The molecule has 0 saturated heterocycles. The van der Waals surface area contributed by atoms with Crippen molar-refractivity contribution in [1.29, 1.82) is 0 Å². The van der Waals surface area contributed by atoms with Gasteiger partial charge in [-0.05, 0) is 49.0 Å². The lowest BCUT2D eigenvalue weighted by molar-refractivity contribution is -0.145. The monoisotopic (exact) mass is 593 g/mol. The minimum Gasteiger partial charge on any atom is -0.494 e. The van der Waals surface area contributed by atoms with Crippen molar-refractivity contribution >= 4 is 17.8 Å². The average molecular weight is 594 g/mol. The number of carbonyl (C=O) groups is 3. The molecule has 0 aliphatic heterocycles. The number of aliphatic hydroxyl groups excluding tert-OH is 1. The summed E-state index contributed by atoms with van der Waals surface area (Å²) < 4.78 is 10.7. The number of rotatable bonds is 20. The van der Waals surface area contributed by atoms with Crippen molar-refractivity contribution < 1.29 is 29.0 Å². The molecule has 0 radical (unpaired) electrons. The van der Waals surface area contributed by atoms with E-state index in [1.807, 2.05) is 79.7 Å². The van der Waals surface area contributed by atoms with Crippen molar-refractivity contribution in [2.75, 3.05) is 33.5 Å². The minimum atomic E-state index is -1.02. The molecule has 0 unspecified atom stereocenters. The number of amides is 2. The maximum Gasteiger partial charge on any atom is 0.328 e. The highest BCUT2D eigenvalue weighted by Gasteiger charge is 2.27. The van der Waals surface area contributed by atoms with Gasteiger partial charge in [-0.2, -0.15) is 0 Å². The molecule has 9 nitrogen and oxygen atoms in total. The van der Waals surface area contributed by atoms with E-state index >= 15 is 0 Å². The Morgan fingerprint density at radius 1 is 0.953 bits per heavy atom. The Hall–Kier alpha value is -3.95. The fraction of sp³-hybridized carbons (Fsp3) is 0.441. The molecule has 234 valence electrons. The molecule has 43 heavy (non-hydrogen) atoms. The number of methoxy groups -OCH3 is 1. The van der Waals surface area contributed by atoms with Crippen molar-refractivity contribution in [3.8, 4) is 0 Å². The van der Waals surface area contributed by atoms with Gasteiger partial charge in [0.15, 0.2) is 0 Å². The Morgan fingerprint density at radius 3 is 2.23 bits per heavy atom. The molecule has 2 amide bonds. The summed E-state index contributed by atoms with van der Waals surface area (Å²) in [6.45, 7) is 5.02. The van der Waals surface area contributed by atoms with Gasteiger partial charge < -0.3 is 24.8 Å². The first-order valence-electron chi connectivity index (χ1n) is 15.0. The molecule has 2 atom stereocenters. The van der Waals surface area contributed by atoms with Gasteiger partial charge in [-0.15, -0.1) is 0 Å². The van der Waals surface area contributed by atoms with Gasteiger partial charge in [0.25, 0.3) is 0 Å². The molecule has 0 fully saturated rings. The summed E-state index contributed by atoms with van der Waals surface area (Å²) in [5.74, 6) is -0.295. The quantitative estimate of drug-likeness (QED) is 0.0922. The van der Waals surface area contributed by atoms with Gasteiger partial charge >= 0.3 is 5.97 Å². The fourth-order valence-corrected chi connectivity index (χ4v) is 4.49. The highest BCUT2D eigenvalue weighted by molar-refractivity contribution is 5.88. The van der Waals surface area contributed by atoms with Gasteiger partial charge in [0.2, 0.25) is 11.8 Å². The maximum atomic E-state index is 13.4. The molecular formula is C34H47N3O6. The molecule has 2 aromatic rings. The lowest BCUT2D eigenvalue weighted by atomic mass is 10.0. The third-order valence-electron chi connectivity index (χ3n) is 6.89. The molecule has 0 aliphatic rings. The molecule has 0 saturated carbocycles. The third-order valence-corrected chi connectivity index (χ3v) is 6.89. The van der Waals surface area contributed by atoms with E-state index in [-0.39, 0.29) is 18.7 Å². The van der Waals surface area contributed by atoms with E-state index in [0.717, 1.165) is 29.7 Å². The van der Waals surface area contributed by atoms with Gasteiger partial charge in [0, 0.05) is 25.9 Å². The first-order chi connectivity index (χ1) is 20.9.